The maximum atomic E-state index is 12.7. The highest BCUT2D eigenvalue weighted by Crippen LogP contribution is 2.36. The molecule has 0 aliphatic heterocycles. The van der Waals surface area contributed by atoms with Gasteiger partial charge in [-0.25, -0.2) is 4.98 Å². The summed E-state index contributed by atoms with van der Waals surface area (Å²) in [4.78, 5) is 16.0. The average Bonchev–Trinajstić information content (AvgIpc) is 2.64. The van der Waals surface area contributed by atoms with Crippen molar-refractivity contribution in [2.24, 2.45) is 0 Å². The van der Waals surface area contributed by atoms with Gasteiger partial charge < -0.3 is 20.1 Å². The molecule has 0 bridgehead atoms. The first-order valence-corrected chi connectivity index (χ1v) is 7.65. The van der Waals surface area contributed by atoms with E-state index in [9.17, 15) is 18.0 Å². The Balaban J connectivity index is 1.90. The second-order valence-corrected chi connectivity index (χ2v) is 5.15. The van der Waals surface area contributed by atoms with E-state index in [1.807, 2.05) is 0 Å². The highest BCUT2D eigenvalue weighted by atomic mass is 19.4. The number of carbonyl (C=O) groups excluding carboxylic acids is 1. The summed E-state index contributed by atoms with van der Waals surface area (Å²) in [5.74, 6) is 0.380. The molecule has 1 aromatic carbocycles. The first kappa shape index (κ1) is 19.4. The molecule has 1 heterocycles. The zero-order chi connectivity index (χ0) is 19.2. The molecule has 0 atom stereocenters. The Labute approximate surface area is 148 Å². The molecular weight excluding hydrogens is 351 g/mol. The smallest absolute Gasteiger partial charge is 0.416 e. The van der Waals surface area contributed by atoms with E-state index in [1.54, 1.807) is 19.2 Å². The molecule has 0 radical (unpaired) electrons. The molecule has 0 saturated carbocycles. The number of ether oxygens (including phenoxy) is 2. The van der Waals surface area contributed by atoms with E-state index in [0.717, 1.165) is 12.1 Å². The van der Waals surface area contributed by atoms with Crippen molar-refractivity contribution < 1.29 is 27.4 Å². The lowest BCUT2D eigenvalue weighted by atomic mass is 10.2. The number of carbonyl (C=O) groups is 1. The number of rotatable bonds is 7. The summed E-state index contributed by atoms with van der Waals surface area (Å²) in [6.07, 6.45) is -2.96. The van der Waals surface area contributed by atoms with Crippen LogP contribution in [-0.4, -0.2) is 38.2 Å². The summed E-state index contributed by atoms with van der Waals surface area (Å²) in [7, 11) is 2.95. The number of nitrogens with zero attached hydrogens (tertiary/aromatic N) is 1. The maximum Gasteiger partial charge on any atom is 0.416 e. The number of anilines is 1. The van der Waals surface area contributed by atoms with Crippen molar-refractivity contribution in [2.75, 3.05) is 32.6 Å². The highest BCUT2D eigenvalue weighted by molar-refractivity contribution is 5.94. The lowest BCUT2D eigenvalue weighted by Crippen LogP contribution is -2.28. The summed E-state index contributed by atoms with van der Waals surface area (Å²) >= 11 is 0. The van der Waals surface area contributed by atoms with Crippen LogP contribution in [0.25, 0.3) is 0 Å². The van der Waals surface area contributed by atoms with Crippen LogP contribution in [0.2, 0.25) is 0 Å². The minimum Gasteiger partial charge on any atom is -0.493 e. The van der Waals surface area contributed by atoms with E-state index >= 15 is 0 Å². The predicted octanol–water partition coefficient (Wildman–Crippen LogP) is 2.96. The van der Waals surface area contributed by atoms with Gasteiger partial charge in [0.1, 0.15) is 12.4 Å². The summed E-state index contributed by atoms with van der Waals surface area (Å²) in [5.41, 5.74) is -0.399. The molecule has 0 unspecified atom stereocenters. The van der Waals surface area contributed by atoms with E-state index in [4.69, 9.17) is 9.47 Å². The Morgan fingerprint density at radius 2 is 1.96 bits per heavy atom. The molecule has 2 aromatic rings. The second-order valence-electron chi connectivity index (χ2n) is 5.15. The van der Waals surface area contributed by atoms with Crippen LogP contribution < -0.4 is 20.1 Å². The Hall–Kier alpha value is -2.97. The van der Waals surface area contributed by atoms with E-state index in [1.165, 1.54) is 19.4 Å². The van der Waals surface area contributed by atoms with Gasteiger partial charge in [-0.2, -0.15) is 13.2 Å². The summed E-state index contributed by atoms with van der Waals surface area (Å²) in [6.45, 7) is 0.234. The van der Waals surface area contributed by atoms with Gasteiger partial charge in [-0.3, -0.25) is 4.79 Å². The lowest BCUT2D eigenvalue weighted by molar-refractivity contribution is -0.137. The third kappa shape index (κ3) is 5.01. The van der Waals surface area contributed by atoms with Gasteiger partial charge in [0.15, 0.2) is 11.5 Å². The molecule has 140 valence electrons. The number of benzene rings is 1. The number of alkyl halides is 3. The van der Waals surface area contributed by atoms with Crippen molar-refractivity contribution in [3.63, 3.8) is 0 Å². The third-order valence-electron chi connectivity index (χ3n) is 3.41. The number of methoxy groups -OCH3 is 1. The molecule has 9 heteroatoms. The standard InChI is InChI=1S/C17H18F3N3O3/c1-21-15-9-11(5-6-22-15)16(24)23-7-8-26-13-4-3-12(17(18,19)20)10-14(13)25-2/h3-6,9-10H,7-8H2,1-2H3,(H,21,22)(H,23,24). The van der Waals surface area contributed by atoms with Crippen LogP contribution in [0.3, 0.4) is 0 Å². The molecule has 0 aliphatic rings. The number of nitrogens with one attached hydrogen (secondary N) is 2. The van der Waals surface area contributed by atoms with Crippen LogP contribution in [-0.2, 0) is 6.18 Å². The number of amides is 1. The Kier molecular flexibility index (Phi) is 6.26. The number of pyridine rings is 1. The van der Waals surface area contributed by atoms with E-state index in [2.05, 4.69) is 15.6 Å². The largest absolute Gasteiger partial charge is 0.493 e. The molecule has 0 saturated heterocycles. The van der Waals surface area contributed by atoms with Crippen molar-refractivity contribution in [1.29, 1.82) is 0 Å². The second kappa shape index (κ2) is 8.41. The fourth-order valence-electron chi connectivity index (χ4n) is 2.10. The molecule has 0 aliphatic carbocycles. The zero-order valence-corrected chi connectivity index (χ0v) is 14.2. The SMILES string of the molecule is CNc1cc(C(=O)NCCOc2ccc(C(F)(F)F)cc2OC)ccn1. The molecule has 0 spiro atoms. The first-order valence-electron chi connectivity index (χ1n) is 7.65. The molecular formula is C17H18F3N3O3. The normalized spacial score (nSPS) is 11.0. The van der Waals surface area contributed by atoms with E-state index < -0.39 is 11.7 Å². The fourth-order valence-corrected chi connectivity index (χ4v) is 2.10. The number of aromatic nitrogens is 1. The number of hydrogen-bond donors (Lipinski definition) is 2. The van der Waals surface area contributed by atoms with Crippen LogP contribution in [0.5, 0.6) is 11.5 Å². The lowest BCUT2D eigenvalue weighted by Gasteiger charge is -2.14. The minimum atomic E-state index is -4.46. The minimum absolute atomic E-state index is 0.0288. The van der Waals surface area contributed by atoms with Crippen LogP contribution >= 0.6 is 0 Å². The Bertz CT molecular complexity index is 766. The molecule has 2 N–H and O–H groups in total. The predicted molar refractivity (Wildman–Crippen MR) is 89.6 cm³/mol. The number of hydrogen-bond acceptors (Lipinski definition) is 5. The van der Waals surface area contributed by atoms with Crippen LogP contribution in [0.1, 0.15) is 15.9 Å². The summed E-state index contributed by atoms with van der Waals surface area (Å²) < 4.78 is 48.4. The van der Waals surface area contributed by atoms with Crippen LogP contribution in [0.15, 0.2) is 36.5 Å². The van der Waals surface area contributed by atoms with Gasteiger partial charge in [0.05, 0.1) is 19.2 Å². The van der Waals surface area contributed by atoms with Gasteiger partial charge >= 0.3 is 6.18 Å². The van der Waals surface area contributed by atoms with E-state index in [0.29, 0.717) is 11.4 Å². The first-order chi connectivity index (χ1) is 12.3. The molecule has 6 nitrogen and oxygen atoms in total. The van der Waals surface area contributed by atoms with Crippen molar-refractivity contribution in [2.45, 2.75) is 6.18 Å². The van der Waals surface area contributed by atoms with Crippen molar-refractivity contribution >= 4 is 11.7 Å². The van der Waals surface area contributed by atoms with Gasteiger partial charge in [-0.15, -0.1) is 0 Å². The van der Waals surface area contributed by atoms with Gasteiger partial charge in [0.2, 0.25) is 0 Å². The number of halogens is 3. The Morgan fingerprint density at radius 3 is 2.62 bits per heavy atom. The monoisotopic (exact) mass is 369 g/mol. The topological polar surface area (TPSA) is 72.5 Å². The summed E-state index contributed by atoms with van der Waals surface area (Å²) in [5, 5.41) is 5.48. The van der Waals surface area contributed by atoms with Crippen LogP contribution in [0.4, 0.5) is 19.0 Å². The average molecular weight is 369 g/mol. The van der Waals surface area contributed by atoms with Crippen molar-refractivity contribution in [1.82, 2.24) is 10.3 Å². The molecule has 1 aromatic heterocycles. The van der Waals surface area contributed by atoms with Crippen molar-refractivity contribution in [3.05, 3.63) is 47.7 Å². The fraction of sp³-hybridized carbons (Fsp3) is 0.294. The summed E-state index contributed by atoms with van der Waals surface area (Å²) in [6, 6.07) is 6.12. The van der Waals surface area contributed by atoms with Gasteiger partial charge in [-0.05, 0) is 30.3 Å². The zero-order valence-electron chi connectivity index (χ0n) is 14.2. The van der Waals surface area contributed by atoms with Gasteiger partial charge in [0, 0.05) is 18.8 Å². The van der Waals surface area contributed by atoms with Gasteiger partial charge in [0.25, 0.3) is 5.91 Å². The highest BCUT2D eigenvalue weighted by Gasteiger charge is 2.31. The van der Waals surface area contributed by atoms with Gasteiger partial charge in [-0.1, -0.05) is 0 Å². The molecule has 0 fully saturated rings. The van der Waals surface area contributed by atoms with Crippen molar-refractivity contribution in [3.8, 4) is 11.5 Å². The molecule has 2 rings (SSSR count). The Morgan fingerprint density at radius 1 is 1.19 bits per heavy atom. The van der Waals surface area contributed by atoms with E-state index in [-0.39, 0.29) is 30.6 Å². The molecule has 1 amide bonds. The third-order valence-corrected chi connectivity index (χ3v) is 3.41. The quantitative estimate of drug-likeness (QED) is 0.734. The molecule has 26 heavy (non-hydrogen) atoms. The van der Waals surface area contributed by atoms with Crippen LogP contribution in [0, 0.1) is 0 Å². The maximum absolute atomic E-state index is 12.7.